The lowest BCUT2D eigenvalue weighted by atomic mass is 9.94. The van der Waals surface area contributed by atoms with Gasteiger partial charge in [0.15, 0.2) is 0 Å². The summed E-state index contributed by atoms with van der Waals surface area (Å²) in [5.41, 5.74) is 2.59. The molecule has 0 aliphatic heterocycles. The maximum absolute atomic E-state index is 7.76. The number of amidine groups is 1. The second-order valence-electron chi connectivity index (χ2n) is 4.42. The van der Waals surface area contributed by atoms with E-state index >= 15 is 0 Å². The van der Waals surface area contributed by atoms with Crippen molar-refractivity contribution in [3.63, 3.8) is 0 Å². The second kappa shape index (κ2) is 6.24. The molecule has 0 aromatic heterocycles. The Labute approximate surface area is 104 Å². The molecule has 1 N–H and O–H groups in total. The van der Waals surface area contributed by atoms with Gasteiger partial charge in [0.25, 0.3) is 0 Å². The Balaban J connectivity index is 2.79. The van der Waals surface area contributed by atoms with Crippen LogP contribution in [0.3, 0.4) is 0 Å². The molecule has 0 bridgehead atoms. The molecule has 1 atom stereocenters. The third-order valence-electron chi connectivity index (χ3n) is 3.14. The predicted molar refractivity (Wildman–Crippen MR) is 74.4 cm³/mol. The zero-order valence-corrected chi connectivity index (χ0v) is 11.2. The molecular formula is C15H22N2. The first-order valence-electron chi connectivity index (χ1n) is 6.09. The van der Waals surface area contributed by atoms with Crippen LogP contribution in [0.25, 0.3) is 0 Å². The molecule has 1 unspecified atom stereocenters. The molecule has 0 saturated heterocycles. The van der Waals surface area contributed by atoms with Gasteiger partial charge in [-0.05, 0) is 18.1 Å². The smallest absolute Gasteiger partial charge is 0.0992 e. The molecule has 2 nitrogen and oxygen atoms in total. The first-order chi connectivity index (χ1) is 8.06. The van der Waals surface area contributed by atoms with Crippen LogP contribution < -0.4 is 0 Å². The van der Waals surface area contributed by atoms with Gasteiger partial charge in [-0.25, -0.2) is 0 Å². The maximum atomic E-state index is 7.76. The zero-order chi connectivity index (χ0) is 12.8. The minimum Gasteiger partial charge on any atom is -0.340 e. The Morgan fingerprint density at radius 1 is 1.35 bits per heavy atom. The van der Waals surface area contributed by atoms with Crippen molar-refractivity contribution >= 4 is 5.84 Å². The zero-order valence-electron chi connectivity index (χ0n) is 11.2. The van der Waals surface area contributed by atoms with E-state index in [0.717, 1.165) is 6.42 Å². The van der Waals surface area contributed by atoms with Crippen molar-refractivity contribution in [3.05, 3.63) is 47.7 Å². The SMILES string of the molecule is CCC(=N)N(C)/C=C(\C)C(C)c1ccccc1. The van der Waals surface area contributed by atoms with Gasteiger partial charge in [-0.15, -0.1) is 0 Å². The molecule has 0 radical (unpaired) electrons. The van der Waals surface area contributed by atoms with Gasteiger partial charge in [-0.1, -0.05) is 44.2 Å². The monoisotopic (exact) mass is 230 g/mol. The van der Waals surface area contributed by atoms with E-state index in [2.05, 4.69) is 44.3 Å². The van der Waals surface area contributed by atoms with E-state index in [4.69, 9.17) is 5.41 Å². The van der Waals surface area contributed by atoms with Crippen molar-refractivity contribution in [3.8, 4) is 0 Å². The highest BCUT2D eigenvalue weighted by Crippen LogP contribution is 2.23. The van der Waals surface area contributed by atoms with Gasteiger partial charge in [0.1, 0.15) is 0 Å². The van der Waals surface area contributed by atoms with Gasteiger partial charge in [0.2, 0.25) is 0 Å². The molecular weight excluding hydrogens is 208 g/mol. The van der Waals surface area contributed by atoms with Crippen molar-refractivity contribution in [1.29, 1.82) is 5.41 Å². The third-order valence-corrected chi connectivity index (χ3v) is 3.14. The number of rotatable bonds is 4. The van der Waals surface area contributed by atoms with Gasteiger partial charge in [0.05, 0.1) is 5.84 Å². The number of nitrogens with zero attached hydrogens (tertiary/aromatic N) is 1. The molecule has 0 spiro atoms. The first kappa shape index (κ1) is 13.5. The topological polar surface area (TPSA) is 27.1 Å². The molecule has 0 fully saturated rings. The van der Waals surface area contributed by atoms with E-state index in [9.17, 15) is 0 Å². The van der Waals surface area contributed by atoms with Crippen LogP contribution in [0.15, 0.2) is 42.1 Å². The summed E-state index contributed by atoms with van der Waals surface area (Å²) in [4.78, 5) is 1.90. The van der Waals surface area contributed by atoms with Crippen molar-refractivity contribution in [2.75, 3.05) is 7.05 Å². The van der Waals surface area contributed by atoms with Crippen LogP contribution in [-0.4, -0.2) is 17.8 Å². The molecule has 92 valence electrons. The first-order valence-corrected chi connectivity index (χ1v) is 6.09. The average Bonchev–Trinajstić information content (AvgIpc) is 2.37. The molecule has 1 aromatic carbocycles. The summed E-state index contributed by atoms with van der Waals surface area (Å²) in [6.45, 7) is 6.32. The second-order valence-corrected chi connectivity index (χ2v) is 4.42. The van der Waals surface area contributed by atoms with Gasteiger partial charge >= 0.3 is 0 Å². The lowest BCUT2D eigenvalue weighted by Gasteiger charge is -2.19. The minimum absolute atomic E-state index is 0.392. The largest absolute Gasteiger partial charge is 0.340 e. The molecule has 0 heterocycles. The average molecular weight is 230 g/mol. The van der Waals surface area contributed by atoms with Crippen molar-refractivity contribution in [2.24, 2.45) is 0 Å². The number of nitrogens with one attached hydrogen (secondary N) is 1. The highest BCUT2D eigenvalue weighted by Gasteiger charge is 2.08. The summed E-state index contributed by atoms with van der Waals surface area (Å²) < 4.78 is 0. The Morgan fingerprint density at radius 3 is 2.47 bits per heavy atom. The standard InChI is InChI=1S/C15H22N2/c1-5-15(16)17(4)11-12(2)13(3)14-9-7-6-8-10-14/h6-11,13,16H,5H2,1-4H3/b12-11+,16-15?. The van der Waals surface area contributed by atoms with Crippen LogP contribution in [0, 0.1) is 5.41 Å². The normalized spacial score (nSPS) is 13.3. The van der Waals surface area contributed by atoms with E-state index < -0.39 is 0 Å². The van der Waals surface area contributed by atoms with Gasteiger partial charge in [-0.2, -0.15) is 0 Å². The minimum atomic E-state index is 0.392. The van der Waals surface area contributed by atoms with E-state index in [1.54, 1.807) is 0 Å². The highest BCUT2D eigenvalue weighted by atomic mass is 15.1. The summed E-state index contributed by atoms with van der Waals surface area (Å²) >= 11 is 0. The molecule has 0 amide bonds. The van der Waals surface area contributed by atoms with Crippen molar-refractivity contribution < 1.29 is 0 Å². The van der Waals surface area contributed by atoms with Gasteiger partial charge < -0.3 is 4.90 Å². The third kappa shape index (κ3) is 3.74. The number of benzene rings is 1. The fourth-order valence-electron chi connectivity index (χ4n) is 1.75. The summed E-state index contributed by atoms with van der Waals surface area (Å²) in [5.74, 6) is 1.04. The molecule has 0 saturated carbocycles. The Morgan fingerprint density at radius 2 is 1.94 bits per heavy atom. The molecule has 2 heteroatoms. The van der Waals surface area contributed by atoms with Crippen LogP contribution >= 0.6 is 0 Å². The quantitative estimate of drug-likeness (QED) is 0.614. The van der Waals surface area contributed by atoms with Crippen molar-refractivity contribution in [1.82, 2.24) is 4.90 Å². The van der Waals surface area contributed by atoms with E-state index in [1.807, 2.05) is 24.9 Å². The van der Waals surface area contributed by atoms with Crippen LogP contribution in [-0.2, 0) is 0 Å². The van der Waals surface area contributed by atoms with Crippen LogP contribution in [0.4, 0.5) is 0 Å². The van der Waals surface area contributed by atoms with E-state index in [0.29, 0.717) is 11.8 Å². The maximum Gasteiger partial charge on any atom is 0.0992 e. The predicted octanol–water partition coefficient (Wildman–Crippen LogP) is 4.01. The van der Waals surface area contributed by atoms with Gasteiger partial charge in [-0.3, -0.25) is 5.41 Å². The Kier molecular flexibility index (Phi) is 4.95. The molecule has 0 aliphatic rings. The fraction of sp³-hybridized carbons (Fsp3) is 0.400. The summed E-state index contributed by atoms with van der Waals surface area (Å²) in [6.07, 6.45) is 2.82. The van der Waals surface area contributed by atoms with E-state index in [1.165, 1.54) is 11.1 Å². The van der Waals surface area contributed by atoms with E-state index in [-0.39, 0.29) is 0 Å². The lowest BCUT2D eigenvalue weighted by molar-refractivity contribution is 0.646. The lowest BCUT2D eigenvalue weighted by Crippen LogP contribution is -2.19. The Hall–Kier alpha value is -1.57. The summed E-state index contributed by atoms with van der Waals surface area (Å²) in [5, 5.41) is 7.76. The van der Waals surface area contributed by atoms with Crippen LogP contribution in [0.5, 0.6) is 0 Å². The van der Waals surface area contributed by atoms with Crippen LogP contribution in [0.2, 0.25) is 0 Å². The summed E-state index contributed by atoms with van der Waals surface area (Å²) in [7, 11) is 1.94. The molecule has 1 aromatic rings. The summed E-state index contributed by atoms with van der Waals surface area (Å²) in [6, 6.07) is 10.5. The Bertz CT molecular complexity index is 393. The van der Waals surface area contributed by atoms with Gasteiger partial charge in [0, 0.05) is 25.6 Å². The molecule has 1 rings (SSSR count). The van der Waals surface area contributed by atoms with Crippen LogP contribution in [0.1, 0.15) is 38.7 Å². The fourth-order valence-corrected chi connectivity index (χ4v) is 1.75. The van der Waals surface area contributed by atoms with Crippen molar-refractivity contribution in [2.45, 2.75) is 33.1 Å². The molecule has 17 heavy (non-hydrogen) atoms. The number of hydrogen-bond donors (Lipinski definition) is 1. The molecule has 0 aliphatic carbocycles. The number of allylic oxidation sites excluding steroid dienone is 1. The number of hydrogen-bond acceptors (Lipinski definition) is 1. The highest BCUT2D eigenvalue weighted by molar-refractivity contribution is 5.79.